The Labute approximate surface area is 152 Å². The highest BCUT2D eigenvalue weighted by atomic mass is 15.1. The van der Waals surface area contributed by atoms with E-state index in [0.717, 1.165) is 24.3 Å². The summed E-state index contributed by atoms with van der Waals surface area (Å²) in [4.78, 5) is 4.52. The van der Waals surface area contributed by atoms with Crippen molar-refractivity contribution in [3.8, 4) is 11.1 Å². The molecule has 5 nitrogen and oxygen atoms in total. The summed E-state index contributed by atoms with van der Waals surface area (Å²) in [7, 11) is 2.05. The lowest BCUT2D eigenvalue weighted by molar-refractivity contribution is 0.456. The molecule has 0 radical (unpaired) electrons. The van der Waals surface area contributed by atoms with Crippen molar-refractivity contribution >= 4 is 21.9 Å². The van der Waals surface area contributed by atoms with Crippen molar-refractivity contribution in [2.24, 2.45) is 7.05 Å². The molecule has 1 fully saturated rings. The molecule has 1 atom stereocenters. The second-order valence-electron chi connectivity index (χ2n) is 7.39. The number of hydrogen-bond acceptors (Lipinski definition) is 3. The fraction of sp³-hybridized carbons (Fsp3) is 0.333. The summed E-state index contributed by atoms with van der Waals surface area (Å²) in [6, 6.07) is 8.70. The molecule has 5 rings (SSSR count). The molecule has 4 aromatic rings. The standard InChI is InChI=1S/C21H23N5/c1-13-9-17-19(24-25-20(17)14-5-3-7-22-11-14)10-16(13)18-12-26(2)21-15(18)6-4-8-23-21/h4,6,8-10,12,14,22H,3,5,7,11H2,1-2H3,(H,24,25). The maximum atomic E-state index is 4.68. The highest BCUT2D eigenvalue weighted by molar-refractivity contribution is 5.98. The molecule has 0 amide bonds. The third kappa shape index (κ3) is 2.35. The summed E-state index contributed by atoms with van der Waals surface area (Å²) in [6.07, 6.45) is 6.46. The number of fused-ring (bicyclic) bond motifs is 2. The van der Waals surface area contributed by atoms with Crippen molar-refractivity contribution in [3.05, 3.63) is 47.9 Å². The van der Waals surface area contributed by atoms with Gasteiger partial charge in [-0.1, -0.05) is 0 Å². The average molecular weight is 345 g/mol. The summed E-state index contributed by atoms with van der Waals surface area (Å²) < 4.78 is 2.10. The van der Waals surface area contributed by atoms with Crippen LogP contribution in [0.5, 0.6) is 0 Å². The van der Waals surface area contributed by atoms with Crippen LogP contribution >= 0.6 is 0 Å². The Kier molecular flexibility index (Phi) is 3.57. The van der Waals surface area contributed by atoms with Gasteiger partial charge in [-0.15, -0.1) is 0 Å². The van der Waals surface area contributed by atoms with E-state index in [4.69, 9.17) is 0 Å². The minimum Gasteiger partial charge on any atom is -0.335 e. The first-order valence-electron chi connectivity index (χ1n) is 9.32. The zero-order chi connectivity index (χ0) is 17.7. The Balaban J connectivity index is 1.66. The molecule has 3 aromatic heterocycles. The van der Waals surface area contributed by atoms with Crippen LogP contribution < -0.4 is 5.32 Å². The molecule has 2 N–H and O–H groups in total. The van der Waals surface area contributed by atoms with Gasteiger partial charge in [0, 0.05) is 48.2 Å². The molecule has 0 bridgehead atoms. The van der Waals surface area contributed by atoms with Gasteiger partial charge in [0.1, 0.15) is 5.65 Å². The van der Waals surface area contributed by atoms with Gasteiger partial charge in [0.2, 0.25) is 0 Å². The van der Waals surface area contributed by atoms with E-state index in [0.29, 0.717) is 5.92 Å². The quantitative estimate of drug-likeness (QED) is 0.579. The molecule has 132 valence electrons. The van der Waals surface area contributed by atoms with E-state index >= 15 is 0 Å². The van der Waals surface area contributed by atoms with E-state index in [-0.39, 0.29) is 0 Å². The maximum Gasteiger partial charge on any atom is 0.140 e. The number of rotatable bonds is 2. The largest absolute Gasteiger partial charge is 0.335 e. The van der Waals surface area contributed by atoms with Crippen molar-refractivity contribution in [1.82, 2.24) is 25.1 Å². The number of aryl methyl sites for hydroxylation is 2. The van der Waals surface area contributed by atoms with E-state index in [1.807, 2.05) is 12.3 Å². The summed E-state index contributed by atoms with van der Waals surface area (Å²) in [5.74, 6) is 0.504. The van der Waals surface area contributed by atoms with Crippen LogP contribution in [0.1, 0.15) is 30.0 Å². The van der Waals surface area contributed by atoms with Crippen LogP contribution in [0, 0.1) is 6.92 Å². The first kappa shape index (κ1) is 15.6. The van der Waals surface area contributed by atoms with Gasteiger partial charge >= 0.3 is 0 Å². The third-order valence-corrected chi connectivity index (χ3v) is 5.64. The monoisotopic (exact) mass is 345 g/mol. The Hall–Kier alpha value is -2.66. The first-order valence-corrected chi connectivity index (χ1v) is 9.32. The van der Waals surface area contributed by atoms with Crippen molar-refractivity contribution in [2.45, 2.75) is 25.7 Å². The number of benzene rings is 1. The number of aromatic nitrogens is 4. The highest BCUT2D eigenvalue weighted by Crippen LogP contribution is 2.36. The van der Waals surface area contributed by atoms with Crippen molar-refractivity contribution in [2.75, 3.05) is 13.1 Å². The fourth-order valence-corrected chi connectivity index (χ4v) is 4.31. The number of piperidine rings is 1. The number of aromatic amines is 1. The molecule has 0 saturated carbocycles. The lowest BCUT2D eigenvalue weighted by atomic mass is 9.92. The molecule has 1 aliphatic heterocycles. The summed E-state index contributed by atoms with van der Waals surface area (Å²) in [5.41, 5.74) is 7.09. The summed E-state index contributed by atoms with van der Waals surface area (Å²) in [6.45, 7) is 4.34. The molecule has 1 aromatic carbocycles. The van der Waals surface area contributed by atoms with Crippen LogP contribution in [0.3, 0.4) is 0 Å². The predicted octanol–water partition coefficient (Wildman–Crippen LogP) is 3.89. The summed E-state index contributed by atoms with van der Waals surface area (Å²) >= 11 is 0. The van der Waals surface area contributed by atoms with Crippen LogP contribution in [0.15, 0.2) is 36.7 Å². The normalized spacial score (nSPS) is 18.0. The molecule has 0 spiro atoms. The van der Waals surface area contributed by atoms with E-state index < -0.39 is 0 Å². The second kappa shape index (κ2) is 5.95. The number of H-pyrrole nitrogens is 1. The van der Waals surface area contributed by atoms with Gasteiger partial charge in [0.05, 0.1) is 11.2 Å². The highest BCUT2D eigenvalue weighted by Gasteiger charge is 2.21. The van der Waals surface area contributed by atoms with Crippen LogP contribution in [-0.2, 0) is 7.05 Å². The van der Waals surface area contributed by atoms with E-state index in [1.54, 1.807) is 0 Å². The van der Waals surface area contributed by atoms with Crippen molar-refractivity contribution < 1.29 is 0 Å². The minimum absolute atomic E-state index is 0.504. The Bertz CT molecular complexity index is 1100. The Morgan fingerprint density at radius 1 is 1.19 bits per heavy atom. The third-order valence-electron chi connectivity index (χ3n) is 5.64. The predicted molar refractivity (Wildman–Crippen MR) is 105 cm³/mol. The average Bonchev–Trinajstić information content (AvgIpc) is 3.23. The Morgan fingerprint density at radius 3 is 2.96 bits per heavy atom. The second-order valence-corrected chi connectivity index (χ2v) is 7.39. The van der Waals surface area contributed by atoms with E-state index in [2.05, 4.69) is 63.4 Å². The van der Waals surface area contributed by atoms with Crippen LogP contribution in [-0.4, -0.2) is 32.8 Å². The molecule has 1 saturated heterocycles. The van der Waals surface area contributed by atoms with Crippen molar-refractivity contribution in [3.63, 3.8) is 0 Å². The zero-order valence-electron chi connectivity index (χ0n) is 15.2. The van der Waals surface area contributed by atoms with E-state index in [9.17, 15) is 0 Å². The number of hydrogen-bond donors (Lipinski definition) is 2. The summed E-state index contributed by atoms with van der Waals surface area (Å²) in [5, 5.41) is 13.9. The van der Waals surface area contributed by atoms with Gasteiger partial charge < -0.3 is 9.88 Å². The van der Waals surface area contributed by atoms with Crippen LogP contribution in [0.2, 0.25) is 0 Å². The van der Waals surface area contributed by atoms with Gasteiger partial charge in [0.15, 0.2) is 0 Å². The molecule has 1 aliphatic rings. The molecular formula is C21H23N5. The first-order chi connectivity index (χ1) is 12.7. The smallest absolute Gasteiger partial charge is 0.140 e. The molecule has 5 heteroatoms. The van der Waals surface area contributed by atoms with Gasteiger partial charge in [0.25, 0.3) is 0 Å². The molecular weight excluding hydrogens is 322 g/mol. The number of nitrogens with zero attached hydrogens (tertiary/aromatic N) is 3. The lowest BCUT2D eigenvalue weighted by Gasteiger charge is -2.21. The Morgan fingerprint density at radius 2 is 2.12 bits per heavy atom. The molecule has 4 heterocycles. The van der Waals surface area contributed by atoms with Gasteiger partial charge in [-0.2, -0.15) is 5.10 Å². The fourth-order valence-electron chi connectivity index (χ4n) is 4.31. The lowest BCUT2D eigenvalue weighted by Crippen LogP contribution is -2.28. The minimum atomic E-state index is 0.504. The van der Waals surface area contributed by atoms with Gasteiger partial charge in [-0.3, -0.25) is 5.10 Å². The maximum absolute atomic E-state index is 4.68. The number of nitrogens with one attached hydrogen (secondary N) is 2. The van der Waals surface area contributed by atoms with Crippen LogP contribution in [0.4, 0.5) is 0 Å². The molecule has 0 aliphatic carbocycles. The van der Waals surface area contributed by atoms with E-state index in [1.165, 1.54) is 46.0 Å². The van der Waals surface area contributed by atoms with Gasteiger partial charge in [-0.25, -0.2) is 4.98 Å². The van der Waals surface area contributed by atoms with Crippen molar-refractivity contribution in [1.29, 1.82) is 0 Å². The van der Waals surface area contributed by atoms with Gasteiger partial charge in [-0.05, 0) is 61.7 Å². The van der Waals surface area contributed by atoms with Crippen LogP contribution in [0.25, 0.3) is 33.1 Å². The number of pyridine rings is 1. The topological polar surface area (TPSA) is 58.5 Å². The SMILES string of the molecule is Cc1cc2c(C3CCCNC3)n[nH]c2cc1-c1cn(C)c2ncccc12. The molecule has 1 unspecified atom stereocenters. The molecule has 26 heavy (non-hydrogen) atoms. The zero-order valence-corrected chi connectivity index (χ0v) is 15.2.